The lowest BCUT2D eigenvalue weighted by atomic mass is 10.2. The Labute approximate surface area is 175 Å². The number of phenols is 1. The van der Waals surface area contributed by atoms with Crippen molar-refractivity contribution in [3.63, 3.8) is 0 Å². The number of hydrogen-bond acceptors (Lipinski definition) is 8. The van der Waals surface area contributed by atoms with Crippen molar-refractivity contribution >= 4 is 40.9 Å². The molecular weight excluding hydrogens is 410 g/mol. The number of amides is 2. The number of ether oxygens (including phenoxy) is 1. The topological polar surface area (TPSA) is 122 Å². The molecule has 2 aromatic carbocycles. The van der Waals surface area contributed by atoms with Gasteiger partial charge in [-0.1, -0.05) is 0 Å². The Kier molecular flexibility index (Phi) is 6.48. The Morgan fingerprint density at radius 2 is 1.97 bits per heavy atom. The second-order valence-corrected chi connectivity index (χ2v) is 7.14. The van der Waals surface area contributed by atoms with Crippen molar-refractivity contribution in [2.45, 2.75) is 0 Å². The standard InChI is InChI=1S/C20H17N3O6S/c1-29-16-6-7-17(24)14(11-16)12-21-8-9-22-19(25)18(30-20(22)26)10-13-2-4-15(5-3-13)23(27)28/h2-7,10-12,24H,8-9H2,1H3/b18-10-,21-12?. The van der Waals surface area contributed by atoms with Crippen molar-refractivity contribution in [3.05, 3.63) is 68.6 Å². The molecule has 30 heavy (non-hydrogen) atoms. The van der Waals surface area contributed by atoms with E-state index in [-0.39, 0.29) is 29.4 Å². The van der Waals surface area contributed by atoms with Gasteiger partial charge in [0.25, 0.3) is 16.8 Å². The Hall–Kier alpha value is -3.66. The van der Waals surface area contributed by atoms with Gasteiger partial charge >= 0.3 is 0 Å². The van der Waals surface area contributed by atoms with Gasteiger partial charge < -0.3 is 9.84 Å². The number of carbonyl (C=O) groups is 2. The highest BCUT2D eigenvalue weighted by atomic mass is 32.2. The summed E-state index contributed by atoms with van der Waals surface area (Å²) in [5, 5.41) is 20.1. The van der Waals surface area contributed by atoms with Crippen LogP contribution in [0.4, 0.5) is 10.5 Å². The number of hydrogen-bond donors (Lipinski definition) is 1. The van der Waals surface area contributed by atoms with Gasteiger partial charge in [0.15, 0.2) is 0 Å². The second kappa shape index (κ2) is 9.23. The highest BCUT2D eigenvalue weighted by Gasteiger charge is 2.34. The maximum absolute atomic E-state index is 12.5. The smallest absolute Gasteiger partial charge is 0.293 e. The molecule has 0 bridgehead atoms. The predicted octanol–water partition coefficient (Wildman–Crippen LogP) is 3.46. The third kappa shape index (κ3) is 4.84. The van der Waals surface area contributed by atoms with Gasteiger partial charge in [-0.05, 0) is 53.7 Å². The quantitative estimate of drug-likeness (QED) is 0.311. The zero-order valence-corrected chi connectivity index (χ0v) is 16.7. The van der Waals surface area contributed by atoms with E-state index in [4.69, 9.17) is 4.74 Å². The zero-order chi connectivity index (χ0) is 21.7. The van der Waals surface area contributed by atoms with Crippen LogP contribution < -0.4 is 4.74 Å². The number of imide groups is 1. The fraction of sp³-hybridized carbons (Fsp3) is 0.150. The number of carbonyl (C=O) groups excluding carboxylic acids is 2. The summed E-state index contributed by atoms with van der Waals surface area (Å²) >= 11 is 0.805. The Bertz CT molecular complexity index is 1050. The molecule has 0 spiro atoms. The second-order valence-electron chi connectivity index (χ2n) is 6.14. The average Bonchev–Trinajstić information content (AvgIpc) is 2.99. The number of methoxy groups -OCH3 is 1. The molecule has 1 aliphatic heterocycles. The Morgan fingerprint density at radius 1 is 1.23 bits per heavy atom. The summed E-state index contributed by atoms with van der Waals surface area (Å²) in [4.78, 5) is 40.3. The molecule has 0 radical (unpaired) electrons. The van der Waals surface area contributed by atoms with Gasteiger partial charge in [0, 0.05) is 30.5 Å². The molecule has 0 saturated carbocycles. The molecule has 10 heteroatoms. The first-order valence-electron chi connectivity index (χ1n) is 8.75. The molecule has 1 saturated heterocycles. The SMILES string of the molecule is COc1ccc(O)c(C=NCCN2C(=O)S/C(=C\c3ccc([N+](=O)[O-])cc3)C2=O)c1. The van der Waals surface area contributed by atoms with E-state index in [0.717, 1.165) is 16.7 Å². The van der Waals surface area contributed by atoms with E-state index < -0.39 is 16.1 Å². The monoisotopic (exact) mass is 427 g/mol. The molecule has 0 aromatic heterocycles. The summed E-state index contributed by atoms with van der Waals surface area (Å²) in [5.41, 5.74) is 0.986. The number of phenolic OH excluding ortho intramolecular Hbond substituents is 1. The molecule has 1 fully saturated rings. The lowest BCUT2D eigenvalue weighted by Crippen LogP contribution is -2.30. The minimum absolute atomic E-state index is 0.0387. The molecule has 0 unspecified atom stereocenters. The van der Waals surface area contributed by atoms with Crippen molar-refractivity contribution in [1.29, 1.82) is 0 Å². The first-order chi connectivity index (χ1) is 14.4. The summed E-state index contributed by atoms with van der Waals surface area (Å²) < 4.78 is 5.09. The van der Waals surface area contributed by atoms with Crippen LogP contribution in [0.3, 0.4) is 0 Å². The maximum atomic E-state index is 12.5. The maximum Gasteiger partial charge on any atom is 0.293 e. The summed E-state index contributed by atoms with van der Waals surface area (Å²) in [6, 6.07) is 10.4. The van der Waals surface area contributed by atoms with Crippen LogP contribution in [0.5, 0.6) is 11.5 Å². The van der Waals surface area contributed by atoms with E-state index in [2.05, 4.69) is 4.99 Å². The van der Waals surface area contributed by atoms with Gasteiger partial charge in [0.2, 0.25) is 0 Å². The lowest BCUT2D eigenvalue weighted by Gasteiger charge is -2.10. The van der Waals surface area contributed by atoms with Crippen LogP contribution in [0.15, 0.2) is 52.4 Å². The van der Waals surface area contributed by atoms with E-state index in [1.807, 2.05) is 0 Å². The molecule has 9 nitrogen and oxygen atoms in total. The van der Waals surface area contributed by atoms with Gasteiger partial charge in [-0.3, -0.25) is 29.6 Å². The summed E-state index contributed by atoms with van der Waals surface area (Å²) in [7, 11) is 1.51. The molecule has 0 atom stereocenters. The molecule has 0 aliphatic carbocycles. The largest absolute Gasteiger partial charge is 0.507 e. The van der Waals surface area contributed by atoms with Crippen molar-refractivity contribution in [1.82, 2.24) is 4.90 Å². The van der Waals surface area contributed by atoms with E-state index in [9.17, 15) is 24.8 Å². The summed E-state index contributed by atoms with van der Waals surface area (Å²) in [5.74, 6) is 0.163. The number of rotatable bonds is 7. The molecule has 1 heterocycles. The number of nitro groups is 1. The minimum atomic E-state index is -0.510. The van der Waals surface area contributed by atoms with Crippen LogP contribution in [-0.2, 0) is 4.79 Å². The van der Waals surface area contributed by atoms with Gasteiger partial charge in [-0.15, -0.1) is 0 Å². The zero-order valence-electron chi connectivity index (χ0n) is 15.8. The van der Waals surface area contributed by atoms with Crippen molar-refractivity contribution < 1.29 is 24.4 Å². The molecule has 2 amide bonds. The van der Waals surface area contributed by atoms with Crippen LogP contribution in [0.25, 0.3) is 6.08 Å². The molecule has 3 rings (SSSR count). The van der Waals surface area contributed by atoms with Crippen LogP contribution in [0, 0.1) is 10.1 Å². The molecule has 1 N–H and O–H groups in total. The third-order valence-corrected chi connectivity index (χ3v) is 5.10. The number of aromatic hydroxyl groups is 1. The number of nitrogens with zero attached hydrogens (tertiary/aromatic N) is 3. The molecular formula is C20H17N3O6S. The number of aliphatic imine (C=N–C) groups is 1. The van der Waals surface area contributed by atoms with Gasteiger partial charge in [-0.2, -0.15) is 0 Å². The Morgan fingerprint density at radius 3 is 2.63 bits per heavy atom. The third-order valence-electron chi connectivity index (χ3n) is 4.19. The van der Waals surface area contributed by atoms with E-state index in [0.29, 0.717) is 16.9 Å². The molecule has 154 valence electrons. The van der Waals surface area contributed by atoms with Crippen molar-refractivity contribution in [2.75, 3.05) is 20.2 Å². The van der Waals surface area contributed by atoms with Gasteiger partial charge in [0.1, 0.15) is 11.5 Å². The van der Waals surface area contributed by atoms with E-state index in [1.54, 1.807) is 12.1 Å². The highest BCUT2D eigenvalue weighted by molar-refractivity contribution is 8.18. The first kappa shape index (κ1) is 21.1. The molecule has 2 aromatic rings. The van der Waals surface area contributed by atoms with Gasteiger partial charge in [0.05, 0.1) is 23.5 Å². The van der Waals surface area contributed by atoms with Crippen molar-refractivity contribution in [3.8, 4) is 11.5 Å². The van der Waals surface area contributed by atoms with Crippen LogP contribution in [0.2, 0.25) is 0 Å². The molecule has 1 aliphatic rings. The lowest BCUT2D eigenvalue weighted by molar-refractivity contribution is -0.384. The first-order valence-corrected chi connectivity index (χ1v) is 9.57. The summed E-state index contributed by atoms with van der Waals surface area (Å²) in [6.07, 6.45) is 2.97. The number of non-ortho nitro benzene ring substituents is 1. The van der Waals surface area contributed by atoms with E-state index >= 15 is 0 Å². The van der Waals surface area contributed by atoms with Crippen LogP contribution in [0.1, 0.15) is 11.1 Å². The Balaban J connectivity index is 1.63. The summed E-state index contributed by atoms with van der Waals surface area (Å²) in [6.45, 7) is 0.253. The van der Waals surface area contributed by atoms with Crippen LogP contribution in [-0.4, -0.2) is 52.5 Å². The minimum Gasteiger partial charge on any atom is -0.507 e. The number of thioether (sulfide) groups is 1. The van der Waals surface area contributed by atoms with Crippen LogP contribution >= 0.6 is 11.8 Å². The fourth-order valence-electron chi connectivity index (χ4n) is 2.62. The predicted molar refractivity (Wildman–Crippen MR) is 113 cm³/mol. The number of benzene rings is 2. The number of nitro benzene ring substituents is 1. The normalized spacial score (nSPS) is 15.4. The fourth-order valence-corrected chi connectivity index (χ4v) is 3.49. The van der Waals surface area contributed by atoms with Gasteiger partial charge in [-0.25, -0.2) is 0 Å². The average molecular weight is 427 g/mol. The van der Waals surface area contributed by atoms with E-state index in [1.165, 1.54) is 49.7 Å². The van der Waals surface area contributed by atoms with Crippen molar-refractivity contribution in [2.24, 2.45) is 4.99 Å². The highest BCUT2D eigenvalue weighted by Crippen LogP contribution is 2.32.